The first-order valence-electron chi connectivity index (χ1n) is 51.9. The van der Waals surface area contributed by atoms with Crippen LogP contribution < -0.4 is 40.0 Å². The number of anilines is 2. The largest absolute Gasteiger partial charge is 0.486 e. The average Bonchev–Trinajstić information content (AvgIpc) is 0.829. The zero-order valence-corrected chi connectivity index (χ0v) is 97.5. The molecule has 3 aromatic rings. The van der Waals surface area contributed by atoms with E-state index in [1.807, 2.05) is 123 Å². The number of hydrogen-bond donors (Lipinski definition) is 3. The smallest absolute Gasteiger partial charge is 0.304 e. The summed E-state index contributed by atoms with van der Waals surface area (Å²) in [6, 6.07) is 10.5. The molecular weight excluding hydrogens is 1870 g/mol. The van der Waals surface area contributed by atoms with Crippen LogP contribution in [0.25, 0.3) is 0 Å². The standard InChI is InChI=1S/C21H36F2N4O2.C20H33F2N3O2.C18H39N3O2.C16H25F2NO2.C12H27NO2.C11H22F2O2.C11H24O3/c1-17(2)28-13-12-26-8-10-27(11-9-26)19-7-6-18(14-24-19)29-16-21(22,23)15-25-20(3,4)5;1-18(2,3)25-11-9-24(10-12-25)17-8-7-16(13-23-17)26-14-20(21,22)15-27-19(4,5)6;1-17(2,3)19-7-13-22-15-16-23-14-12-20-8-10-21(11-9-20)18(4,5)6;1-14(2,3)13-8-7-12(9-19-13)20-10-16(17,18)11-21-15(4,5)6;1-11(2,3)13-7-8-14-9-10-15-12(4,5)6;1-9(2,3)14-7-11(12,13)8-15-10(4,5)6;1-10(2)13-8-6-12-7-9-14-11(3,4)5/h6-7,14,17,25H,8-13,15-16H2,1-5H3;7-8,13H,9-12,14-15H2,1-6H3;19H,7-16H2,1-6H3;7-9H,10-11H2,1-6H3;13H,7-10H2,1-6H3;7-8H2,1-6H3;10H,6-9H2,1-5H3. The van der Waals surface area contributed by atoms with Crippen LogP contribution in [0, 0.1) is 0 Å². The van der Waals surface area contributed by atoms with E-state index >= 15 is 0 Å². The lowest BCUT2D eigenvalue weighted by atomic mass is 9.92. The highest BCUT2D eigenvalue weighted by Crippen LogP contribution is 2.30. The van der Waals surface area contributed by atoms with Crippen molar-refractivity contribution in [1.29, 1.82) is 0 Å². The Morgan fingerprint density at radius 1 is 0.285 bits per heavy atom. The molecule has 3 saturated heterocycles. The van der Waals surface area contributed by atoms with Crippen LogP contribution in [0.4, 0.5) is 46.8 Å². The maximum atomic E-state index is 13.9. The van der Waals surface area contributed by atoms with Gasteiger partial charge in [0.15, 0.2) is 19.8 Å². The number of halogens is 8. The lowest BCUT2D eigenvalue weighted by Gasteiger charge is -2.42. The molecule has 0 aliphatic carbocycles. The lowest BCUT2D eigenvalue weighted by molar-refractivity contribution is -0.172. The fraction of sp³-hybridized carbons (Fsp3) is 0.862. The molecule has 6 heterocycles. The van der Waals surface area contributed by atoms with E-state index < -0.39 is 98.9 Å². The van der Waals surface area contributed by atoms with Crippen molar-refractivity contribution in [3.05, 3.63) is 60.7 Å². The highest BCUT2D eigenvalue weighted by Gasteiger charge is 2.38. The van der Waals surface area contributed by atoms with Crippen molar-refractivity contribution in [2.24, 2.45) is 0 Å². The summed E-state index contributed by atoms with van der Waals surface area (Å²) in [6.45, 7) is 98.4. The second-order valence-electron chi connectivity index (χ2n) is 49.4. The van der Waals surface area contributed by atoms with Crippen LogP contribution in [0.3, 0.4) is 0 Å². The molecule has 144 heavy (non-hydrogen) atoms. The second-order valence-corrected chi connectivity index (χ2v) is 49.4. The van der Waals surface area contributed by atoms with Gasteiger partial charge in [-0.25, -0.2) is 45.1 Å². The maximum Gasteiger partial charge on any atom is 0.304 e. The summed E-state index contributed by atoms with van der Waals surface area (Å²) >= 11 is 0. The minimum Gasteiger partial charge on any atom is -0.486 e. The minimum absolute atomic E-state index is 0.0625. The third-order valence-corrected chi connectivity index (χ3v) is 20.4. The van der Waals surface area contributed by atoms with Crippen molar-refractivity contribution < 1.29 is 106 Å². The summed E-state index contributed by atoms with van der Waals surface area (Å²) < 4.78 is 189. The van der Waals surface area contributed by atoms with E-state index in [0.717, 1.165) is 148 Å². The molecule has 3 aliphatic heterocycles. The van der Waals surface area contributed by atoms with Gasteiger partial charge in [0.2, 0.25) is 0 Å². The van der Waals surface area contributed by atoms with Crippen LogP contribution in [-0.2, 0) is 62.3 Å². The van der Waals surface area contributed by atoms with Crippen LogP contribution >= 0.6 is 0 Å². The molecule has 6 rings (SSSR count). The number of nitrogens with zero attached hydrogens (tertiary/aromatic N) is 9. The molecule has 0 saturated carbocycles. The maximum absolute atomic E-state index is 13.9. The lowest BCUT2D eigenvalue weighted by Crippen LogP contribution is -2.53. The molecule has 0 unspecified atom stereocenters. The van der Waals surface area contributed by atoms with Crippen LogP contribution in [0.2, 0.25) is 0 Å². The Balaban J connectivity index is 0.00000168. The SMILES string of the molecule is CC(C)(C)NCCOCCOC(C)(C)C.CC(C)(C)NCCOCCOCCN1CCN(C(C)(C)C)CC1.CC(C)(C)OCC(F)(F)COC(C)(C)C.CC(C)(C)OCC(F)(F)COc1ccc(C(C)(C)C)nc1.CC(C)(C)OCC(F)(F)COc1ccc(N2CCN(C(C)(C)C)CC2)nc1.CC(C)OCCN1CCN(c2ccc(OCC(F)(F)CNC(C)(C)C)cn2)CC1.CC(C)OCCOCCOC(C)(C)C. The first kappa shape index (κ1) is 139. The molecule has 0 spiro atoms. The quantitative estimate of drug-likeness (QED) is 0.0352. The number of pyridine rings is 3. The number of nitrogens with one attached hydrogen (secondary N) is 3. The highest BCUT2D eigenvalue weighted by atomic mass is 19.3. The molecular formula is C109H206F8N12O15. The van der Waals surface area contributed by atoms with Gasteiger partial charge < -0.3 is 96.8 Å². The second kappa shape index (κ2) is 65.5. The van der Waals surface area contributed by atoms with Gasteiger partial charge in [-0.2, -0.15) is 0 Å². The molecule has 3 fully saturated rings. The Bertz CT molecular complexity index is 3650. The molecule has 27 nitrogen and oxygen atoms in total. The van der Waals surface area contributed by atoms with Gasteiger partial charge in [-0.1, -0.05) is 20.8 Å². The molecule has 0 radical (unpaired) electrons. The van der Waals surface area contributed by atoms with Gasteiger partial charge in [-0.3, -0.25) is 24.6 Å². The summed E-state index contributed by atoms with van der Waals surface area (Å²) in [5, 5.41) is 9.58. The first-order chi connectivity index (χ1) is 65.5. The molecule has 35 heteroatoms. The van der Waals surface area contributed by atoms with Crippen molar-refractivity contribution in [3.8, 4) is 17.2 Å². The molecule has 0 bridgehead atoms. The Hall–Kier alpha value is -4.87. The van der Waals surface area contributed by atoms with E-state index in [9.17, 15) is 35.1 Å². The summed E-state index contributed by atoms with van der Waals surface area (Å²) in [6.07, 6.45) is 5.04. The number of rotatable bonds is 47. The third kappa shape index (κ3) is 81.9. The van der Waals surface area contributed by atoms with Crippen LogP contribution in [0.5, 0.6) is 17.2 Å². The predicted molar refractivity (Wildman–Crippen MR) is 571 cm³/mol. The van der Waals surface area contributed by atoms with Crippen molar-refractivity contribution in [2.75, 3.05) is 247 Å². The predicted octanol–water partition coefficient (Wildman–Crippen LogP) is 20.6. The Labute approximate surface area is 868 Å². The minimum atomic E-state index is -3.05. The summed E-state index contributed by atoms with van der Waals surface area (Å²) in [4.78, 5) is 27.3. The van der Waals surface area contributed by atoms with Gasteiger partial charge in [0, 0.05) is 144 Å². The molecule has 0 atom stereocenters. The van der Waals surface area contributed by atoms with Crippen molar-refractivity contribution in [2.45, 2.75) is 380 Å². The Morgan fingerprint density at radius 3 is 0.868 bits per heavy atom. The summed E-state index contributed by atoms with van der Waals surface area (Å²) in [5.41, 5.74) is -1.20. The fourth-order valence-electron chi connectivity index (χ4n) is 12.4. The average molecular weight is 2080 g/mol. The molecule has 3 N–H and O–H groups in total. The van der Waals surface area contributed by atoms with Crippen LogP contribution in [0.15, 0.2) is 55.0 Å². The van der Waals surface area contributed by atoms with Gasteiger partial charge in [0.05, 0.1) is 150 Å². The highest BCUT2D eigenvalue weighted by molar-refractivity contribution is 5.42. The third-order valence-electron chi connectivity index (χ3n) is 20.4. The monoisotopic (exact) mass is 2080 g/mol. The Morgan fingerprint density at radius 2 is 0.562 bits per heavy atom. The van der Waals surface area contributed by atoms with Gasteiger partial charge in [0.1, 0.15) is 55.3 Å². The number of hydrogen-bond acceptors (Lipinski definition) is 27. The van der Waals surface area contributed by atoms with Gasteiger partial charge in [-0.05, 0) is 293 Å². The zero-order chi connectivity index (χ0) is 111. The van der Waals surface area contributed by atoms with Crippen LogP contribution in [-0.4, -0.2) is 369 Å². The van der Waals surface area contributed by atoms with E-state index in [0.29, 0.717) is 75.6 Å². The molecule has 3 aliphatic rings. The van der Waals surface area contributed by atoms with E-state index in [1.54, 1.807) is 107 Å². The fourth-order valence-corrected chi connectivity index (χ4v) is 12.4. The molecule has 3 aromatic heterocycles. The topological polar surface area (TPSA) is 233 Å². The summed E-state index contributed by atoms with van der Waals surface area (Å²) in [7, 11) is 0. The molecule has 0 aromatic carbocycles. The van der Waals surface area contributed by atoms with Gasteiger partial charge >= 0.3 is 11.8 Å². The van der Waals surface area contributed by atoms with Crippen LogP contribution in [0.1, 0.15) is 283 Å². The van der Waals surface area contributed by atoms with E-state index in [4.69, 9.17) is 71.1 Å². The van der Waals surface area contributed by atoms with Crippen molar-refractivity contribution in [1.82, 2.24) is 50.5 Å². The zero-order valence-electron chi connectivity index (χ0n) is 97.5. The van der Waals surface area contributed by atoms with Crippen molar-refractivity contribution in [3.63, 3.8) is 0 Å². The van der Waals surface area contributed by atoms with Gasteiger partial charge in [0.25, 0.3) is 11.8 Å². The van der Waals surface area contributed by atoms with E-state index in [2.05, 4.69) is 143 Å². The van der Waals surface area contributed by atoms with E-state index in [-0.39, 0.29) is 51.0 Å². The normalized spacial score (nSPS) is 15.5. The van der Waals surface area contributed by atoms with Gasteiger partial charge in [-0.15, -0.1) is 0 Å². The number of alkyl halides is 8. The molecule has 848 valence electrons. The number of piperazine rings is 3. The molecule has 0 amide bonds. The first-order valence-corrected chi connectivity index (χ1v) is 51.9. The number of aromatic nitrogens is 3. The Kier molecular flexibility index (Phi) is 63.3. The van der Waals surface area contributed by atoms with E-state index in [1.165, 1.54) is 18.6 Å². The van der Waals surface area contributed by atoms with Crippen molar-refractivity contribution >= 4 is 11.6 Å². The summed E-state index contributed by atoms with van der Waals surface area (Å²) in [5.74, 6) is -9.24. The number of ether oxygens (including phenoxy) is 15.